The Labute approximate surface area is 185 Å². The molecule has 1 atom stereocenters. The monoisotopic (exact) mass is 486 g/mol. The first-order valence-electron chi connectivity index (χ1n) is 10.2. The van der Waals surface area contributed by atoms with E-state index in [4.69, 9.17) is 0 Å². The number of piperazine rings is 1. The smallest absolute Gasteiger partial charge is 0.270 e. The van der Waals surface area contributed by atoms with Gasteiger partial charge in [-0.25, -0.2) is 26.2 Å². The Morgan fingerprint density at radius 2 is 1.78 bits per heavy atom. The Bertz CT molecular complexity index is 1180. The van der Waals surface area contributed by atoms with E-state index < -0.39 is 42.5 Å². The minimum atomic E-state index is -4.02. The van der Waals surface area contributed by atoms with E-state index in [0.29, 0.717) is 0 Å². The van der Waals surface area contributed by atoms with Crippen molar-refractivity contribution in [3.8, 4) is 0 Å². The summed E-state index contributed by atoms with van der Waals surface area (Å²) in [6.07, 6.45) is 0.482. The zero-order valence-electron chi connectivity index (χ0n) is 17.2. The minimum absolute atomic E-state index is 0.000793. The summed E-state index contributed by atoms with van der Waals surface area (Å²) in [7, 11) is -7.24. The van der Waals surface area contributed by atoms with E-state index in [-0.39, 0.29) is 68.6 Å². The largest absolute Gasteiger partial charge is 0.335 e. The number of amides is 2. The normalized spacial score (nSPS) is 24.5. The molecule has 0 aliphatic carbocycles. The van der Waals surface area contributed by atoms with Crippen molar-refractivity contribution < 1.29 is 30.8 Å². The number of sulfonamides is 1. The Hall–Kier alpha value is -2.38. The number of carbonyl (C=O) groups is 2. The summed E-state index contributed by atoms with van der Waals surface area (Å²) in [5.74, 6) is -1.74. The number of rotatable bonds is 4. The molecule has 2 fully saturated rings. The molecule has 3 aliphatic rings. The van der Waals surface area contributed by atoms with E-state index in [1.165, 1.54) is 23.1 Å². The number of carbonyl (C=O) groups excluding carboxylic acids is 2. The molecule has 1 aromatic rings. The number of hydrogen-bond acceptors (Lipinski definition) is 7. The average molecular weight is 487 g/mol. The molecule has 0 aromatic heterocycles. The molecule has 0 radical (unpaired) electrons. The highest BCUT2D eigenvalue weighted by atomic mass is 32.2. The molecule has 1 unspecified atom stereocenters. The second-order valence-corrected chi connectivity index (χ2v) is 12.1. The van der Waals surface area contributed by atoms with Gasteiger partial charge < -0.3 is 4.90 Å². The fourth-order valence-corrected chi connectivity index (χ4v) is 7.27. The van der Waals surface area contributed by atoms with Crippen LogP contribution in [0.1, 0.15) is 19.3 Å². The van der Waals surface area contributed by atoms with Gasteiger partial charge in [0.2, 0.25) is 15.9 Å². The molecule has 13 heteroatoms. The van der Waals surface area contributed by atoms with Gasteiger partial charge in [-0.05, 0) is 18.6 Å². The second-order valence-electron chi connectivity index (χ2n) is 7.97. The van der Waals surface area contributed by atoms with Crippen LogP contribution in [0.4, 0.5) is 4.39 Å². The van der Waals surface area contributed by atoms with Crippen LogP contribution in [-0.2, 0) is 29.4 Å². The molecular formula is C19H23FN4O6S2. The zero-order chi connectivity index (χ0) is 23.1. The fraction of sp³-hybridized carbons (Fsp3) is 0.526. The van der Waals surface area contributed by atoms with E-state index >= 15 is 0 Å². The van der Waals surface area contributed by atoms with Crippen molar-refractivity contribution in [2.75, 3.05) is 37.7 Å². The topological polar surface area (TPSA) is 124 Å². The quantitative estimate of drug-likeness (QED) is 0.582. The molecule has 10 nitrogen and oxygen atoms in total. The molecule has 0 spiro atoms. The van der Waals surface area contributed by atoms with Crippen molar-refractivity contribution in [3.63, 3.8) is 0 Å². The predicted molar refractivity (Wildman–Crippen MR) is 112 cm³/mol. The van der Waals surface area contributed by atoms with Crippen molar-refractivity contribution >= 4 is 37.4 Å². The molecule has 0 N–H and O–H groups in total. The third-order valence-corrected chi connectivity index (χ3v) is 9.52. The van der Waals surface area contributed by atoms with Gasteiger partial charge in [0.25, 0.3) is 5.91 Å². The van der Waals surface area contributed by atoms with Crippen LogP contribution in [-0.4, -0.2) is 92.3 Å². The highest BCUT2D eigenvalue weighted by molar-refractivity contribution is 7.91. The number of nitrogens with zero attached hydrogens (tertiary/aromatic N) is 4. The summed E-state index contributed by atoms with van der Waals surface area (Å²) in [5, 5.41) is 5.30. The molecule has 3 aliphatic heterocycles. The van der Waals surface area contributed by atoms with E-state index in [9.17, 15) is 30.8 Å². The van der Waals surface area contributed by atoms with Crippen molar-refractivity contribution in [2.24, 2.45) is 5.10 Å². The zero-order valence-corrected chi connectivity index (χ0v) is 18.8. The first kappa shape index (κ1) is 22.8. The van der Waals surface area contributed by atoms with Crippen molar-refractivity contribution in [2.45, 2.75) is 30.2 Å². The summed E-state index contributed by atoms with van der Waals surface area (Å²) in [4.78, 5) is 26.2. The third-order valence-electron chi connectivity index (χ3n) is 5.84. The Balaban J connectivity index is 1.44. The van der Waals surface area contributed by atoms with Gasteiger partial charge in [0.05, 0.1) is 17.5 Å². The first-order valence-corrected chi connectivity index (χ1v) is 13.5. The van der Waals surface area contributed by atoms with Gasteiger partial charge in [-0.15, -0.1) is 0 Å². The summed E-state index contributed by atoms with van der Waals surface area (Å²) >= 11 is 0. The predicted octanol–water partition coefficient (Wildman–Crippen LogP) is -0.176. The van der Waals surface area contributed by atoms with E-state index in [0.717, 1.165) is 15.4 Å². The van der Waals surface area contributed by atoms with Crippen LogP contribution in [0.3, 0.4) is 0 Å². The molecule has 0 saturated carbocycles. The summed E-state index contributed by atoms with van der Waals surface area (Å²) in [6, 6.07) is 4.56. The molecule has 2 saturated heterocycles. The molecule has 0 bridgehead atoms. The Kier molecular flexibility index (Phi) is 6.07. The van der Waals surface area contributed by atoms with Gasteiger partial charge in [-0.2, -0.15) is 9.41 Å². The first-order chi connectivity index (χ1) is 15.1. The highest BCUT2D eigenvalue weighted by Gasteiger charge is 2.39. The van der Waals surface area contributed by atoms with Gasteiger partial charge >= 0.3 is 0 Å². The summed E-state index contributed by atoms with van der Waals surface area (Å²) < 4.78 is 64.1. The lowest BCUT2D eigenvalue weighted by atomic mass is 10.1. The number of benzene rings is 1. The molecule has 4 rings (SSSR count). The molecule has 32 heavy (non-hydrogen) atoms. The maximum Gasteiger partial charge on any atom is 0.270 e. The van der Waals surface area contributed by atoms with Crippen LogP contribution in [0.5, 0.6) is 0 Å². The van der Waals surface area contributed by atoms with Crippen molar-refractivity contribution in [3.05, 3.63) is 30.1 Å². The Morgan fingerprint density at radius 3 is 2.41 bits per heavy atom. The van der Waals surface area contributed by atoms with Crippen LogP contribution < -0.4 is 0 Å². The number of hydrazone groups is 1. The molecule has 2 amide bonds. The molecule has 3 heterocycles. The van der Waals surface area contributed by atoms with E-state index in [1.54, 1.807) is 0 Å². The molecule has 1 aromatic carbocycles. The Morgan fingerprint density at radius 1 is 1.09 bits per heavy atom. The lowest BCUT2D eigenvalue weighted by Crippen LogP contribution is -2.53. The van der Waals surface area contributed by atoms with Crippen LogP contribution in [0, 0.1) is 5.82 Å². The van der Waals surface area contributed by atoms with Crippen molar-refractivity contribution in [1.29, 1.82) is 0 Å². The van der Waals surface area contributed by atoms with Gasteiger partial charge in [-0.3, -0.25) is 9.59 Å². The summed E-state index contributed by atoms with van der Waals surface area (Å²) in [5.41, 5.74) is 0.152. The lowest BCUT2D eigenvalue weighted by molar-refractivity contribution is -0.134. The second kappa shape index (κ2) is 8.52. The minimum Gasteiger partial charge on any atom is -0.335 e. The average Bonchev–Trinajstić information content (AvgIpc) is 3.13. The van der Waals surface area contributed by atoms with Crippen LogP contribution >= 0.6 is 0 Å². The lowest BCUT2D eigenvalue weighted by Gasteiger charge is -2.35. The highest BCUT2D eigenvalue weighted by Crippen LogP contribution is 2.24. The van der Waals surface area contributed by atoms with Crippen molar-refractivity contribution in [1.82, 2.24) is 14.2 Å². The van der Waals surface area contributed by atoms with E-state index in [1.807, 2.05) is 0 Å². The molecular weight excluding hydrogens is 463 g/mol. The number of sulfone groups is 1. The summed E-state index contributed by atoms with van der Waals surface area (Å²) in [6.45, 7) is 0.187. The molecule has 174 valence electrons. The van der Waals surface area contributed by atoms with Gasteiger partial charge in [0.1, 0.15) is 16.4 Å². The fourth-order valence-electron chi connectivity index (χ4n) is 4.09. The number of halogens is 1. The van der Waals surface area contributed by atoms with Gasteiger partial charge in [0.15, 0.2) is 9.84 Å². The standard InChI is InChI=1S/C19H23FN4O6S2/c20-15-3-1-2-4-17(15)32(29,30)23-10-8-22(9-11-23)19(26)16-5-6-18(25)24(21-16)14-7-12-31(27,28)13-14/h1-4,14H,5-13H2. The maximum atomic E-state index is 14.0. The van der Waals surface area contributed by atoms with Gasteiger partial charge in [-0.1, -0.05) is 12.1 Å². The van der Waals surface area contributed by atoms with Crippen LogP contribution in [0.15, 0.2) is 34.3 Å². The van der Waals surface area contributed by atoms with Gasteiger partial charge in [0, 0.05) is 39.0 Å². The third kappa shape index (κ3) is 4.41. The maximum absolute atomic E-state index is 14.0. The van der Waals surface area contributed by atoms with Crippen LogP contribution in [0.25, 0.3) is 0 Å². The van der Waals surface area contributed by atoms with Crippen LogP contribution in [0.2, 0.25) is 0 Å². The van der Waals surface area contributed by atoms with E-state index in [2.05, 4.69) is 5.10 Å². The SMILES string of the molecule is O=C(C1=NN(C2CCS(=O)(=O)C2)C(=O)CC1)N1CCN(S(=O)(=O)c2ccccc2F)CC1. The number of hydrogen-bond donors (Lipinski definition) is 0.